The first-order valence-corrected chi connectivity index (χ1v) is 3.60. The summed E-state index contributed by atoms with van der Waals surface area (Å²) in [4.78, 5) is 4.23. The Morgan fingerprint density at radius 3 is 2.64 bits per heavy atom. The lowest BCUT2D eigenvalue weighted by Gasteiger charge is -2.21. The van der Waals surface area contributed by atoms with Gasteiger partial charge in [0.25, 0.3) is 0 Å². The maximum absolute atomic E-state index is 5.17. The van der Waals surface area contributed by atoms with Gasteiger partial charge in [-0.1, -0.05) is 0 Å². The number of hydrogen-bond donors (Lipinski definition) is 3. The molecular weight excluding hydrogens is 255 g/mol. The molecule has 1 fully saturated rings. The molecule has 2 aliphatic rings. The third-order valence-electron chi connectivity index (χ3n) is 2.30. The van der Waals surface area contributed by atoms with Crippen LogP contribution in [-0.4, -0.2) is 19.0 Å². The Kier molecular flexibility index (Phi) is 2.58. The molecule has 0 atom stereocenters. The van der Waals surface area contributed by atoms with Crippen LogP contribution in [0, 0.1) is 5.41 Å². The lowest BCUT2D eigenvalue weighted by atomic mass is 10.1. The first kappa shape index (κ1) is 9.05. The second kappa shape index (κ2) is 3.14. The third kappa shape index (κ3) is 1.76. The number of nitrogens with one attached hydrogen (secondary N) is 2. The predicted molar refractivity (Wildman–Crippen MR) is 54.7 cm³/mol. The molecule has 0 aromatic rings. The molecule has 2 rings (SSSR count). The molecule has 0 aromatic carbocycles. The van der Waals surface area contributed by atoms with Gasteiger partial charge in [0.15, 0.2) is 0 Å². The highest BCUT2D eigenvalue weighted by Gasteiger charge is 2.43. The van der Waals surface area contributed by atoms with Crippen LogP contribution in [0.4, 0.5) is 0 Å². The largest absolute Gasteiger partial charge is 0.355 e. The van der Waals surface area contributed by atoms with Crippen molar-refractivity contribution in [3.8, 4) is 0 Å². The fourth-order valence-electron chi connectivity index (χ4n) is 1.24. The normalized spacial score (nSPS) is 24.6. The molecule has 0 unspecified atom stereocenters. The molecule has 1 aliphatic heterocycles. The zero-order chi connectivity index (χ0) is 7.03. The molecule has 0 radical (unpaired) electrons. The van der Waals surface area contributed by atoms with E-state index in [1.165, 1.54) is 12.8 Å². The van der Waals surface area contributed by atoms with Crippen molar-refractivity contribution in [2.75, 3.05) is 13.1 Å². The number of halogens is 1. The van der Waals surface area contributed by atoms with Crippen LogP contribution in [0.3, 0.4) is 0 Å². The second-order valence-corrected chi connectivity index (χ2v) is 3.16. The van der Waals surface area contributed by atoms with Gasteiger partial charge in [-0.2, -0.15) is 0 Å². The van der Waals surface area contributed by atoms with Crippen molar-refractivity contribution in [2.24, 2.45) is 16.3 Å². The molecule has 1 heterocycles. The van der Waals surface area contributed by atoms with Crippen molar-refractivity contribution in [1.82, 2.24) is 10.7 Å². The Labute approximate surface area is 83.0 Å². The van der Waals surface area contributed by atoms with E-state index >= 15 is 0 Å². The number of hydrogen-bond acceptors (Lipinski definition) is 4. The summed E-state index contributed by atoms with van der Waals surface area (Å²) in [6, 6.07) is 0. The van der Waals surface area contributed by atoms with Gasteiger partial charge in [0, 0.05) is 12.0 Å². The van der Waals surface area contributed by atoms with Crippen molar-refractivity contribution >= 4 is 29.9 Å². The molecule has 11 heavy (non-hydrogen) atoms. The van der Waals surface area contributed by atoms with Crippen LogP contribution in [0.5, 0.6) is 0 Å². The zero-order valence-corrected chi connectivity index (χ0v) is 8.59. The van der Waals surface area contributed by atoms with Crippen molar-refractivity contribution < 1.29 is 0 Å². The Morgan fingerprint density at radius 1 is 1.55 bits per heavy atom. The number of nitrogens with two attached hydrogens (primary N) is 1. The quantitative estimate of drug-likeness (QED) is 0.324. The fraction of sp³-hybridized carbons (Fsp3) is 0.833. The van der Waals surface area contributed by atoms with Gasteiger partial charge in [0.2, 0.25) is 5.96 Å². The van der Waals surface area contributed by atoms with Gasteiger partial charge in [-0.15, -0.1) is 24.0 Å². The molecule has 5 heteroatoms. The Balaban J connectivity index is 0.000000605. The zero-order valence-electron chi connectivity index (χ0n) is 6.26. The van der Waals surface area contributed by atoms with Gasteiger partial charge >= 0.3 is 0 Å². The van der Waals surface area contributed by atoms with Gasteiger partial charge in [-0.3, -0.25) is 10.4 Å². The maximum Gasteiger partial charge on any atom is 0.205 e. The molecular formula is C6H13IN4. The summed E-state index contributed by atoms with van der Waals surface area (Å²) in [7, 11) is 0. The SMILES string of the molecule is I.NNC1=NCC2(CC2)CN1. The average Bonchev–Trinajstić information content (AvgIpc) is 2.72. The van der Waals surface area contributed by atoms with Crippen LogP contribution in [0.25, 0.3) is 0 Å². The van der Waals surface area contributed by atoms with E-state index in [1.54, 1.807) is 0 Å². The molecule has 1 spiro atoms. The van der Waals surface area contributed by atoms with Crippen molar-refractivity contribution in [2.45, 2.75) is 12.8 Å². The highest BCUT2D eigenvalue weighted by molar-refractivity contribution is 14.0. The van der Waals surface area contributed by atoms with E-state index in [0.717, 1.165) is 19.0 Å². The fourth-order valence-corrected chi connectivity index (χ4v) is 1.24. The van der Waals surface area contributed by atoms with Gasteiger partial charge in [-0.05, 0) is 12.8 Å². The van der Waals surface area contributed by atoms with Crippen LogP contribution in [0.1, 0.15) is 12.8 Å². The first-order chi connectivity index (χ1) is 4.85. The second-order valence-electron chi connectivity index (χ2n) is 3.16. The molecule has 1 saturated carbocycles. The van der Waals surface area contributed by atoms with E-state index in [4.69, 9.17) is 5.84 Å². The number of hydrazine groups is 1. The summed E-state index contributed by atoms with van der Waals surface area (Å²) in [6.45, 7) is 1.98. The summed E-state index contributed by atoms with van der Waals surface area (Å²) < 4.78 is 0. The Bertz CT molecular complexity index is 175. The van der Waals surface area contributed by atoms with Crippen LogP contribution in [0.2, 0.25) is 0 Å². The van der Waals surface area contributed by atoms with E-state index in [-0.39, 0.29) is 24.0 Å². The maximum atomic E-state index is 5.17. The van der Waals surface area contributed by atoms with E-state index in [9.17, 15) is 0 Å². The lowest BCUT2D eigenvalue weighted by Crippen LogP contribution is -2.47. The van der Waals surface area contributed by atoms with Gasteiger partial charge < -0.3 is 5.32 Å². The van der Waals surface area contributed by atoms with E-state index < -0.39 is 0 Å². The van der Waals surface area contributed by atoms with Crippen LogP contribution in [-0.2, 0) is 0 Å². The molecule has 0 bridgehead atoms. The Hall–Kier alpha value is -0.0400. The summed E-state index contributed by atoms with van der Waals surface area (Å²) >= 11 is 0. The molecule has 1 aliphatic carbocycles. The van der Waals surface area contributed by atoms with E-state index in [1.807, 2.05) is 0 Å². The smallest absolute Gasteiger partial charge is 0.205 e. The number of aliphatic imine (C=N–C) groups is 1. The van der Waals surface area contributed by atoms with E-state index in [0.29, 0.717) is 5.41 Å². The topological polar surface area (TPSA) is 62.4 Å². The third-order valence-corrected chi connectivity index (χ3v) is 2.30. The minimum atomic E-state index is 0. The van der Waals surface area contributed by atoms with Gasteiger partial charge in [0.1, 0.15) is 0 Å². The monoisotopic (exact) mass is 268 g/mol. The predicted octanol–water partition coefficient (Wildman–Crippen LogP) is -0.193. The standard InChI is InChI=1S/C6H12N4.HI/c7-10-5-8-3-6(1-2-6)4-9-5;/h1-4,7H2,(H2,8,9,10);1H. The lowest BCUT2D eigenvalue weighted by molar-refractivity contribution is 0.483. The molecule has 4 nitrogen and oxygen atoms in total. The molecule has 0 saturated heterocycles. The minimum Gasteiger partial charge on any atom is -0.355 e. The highest BCUT2D eigenvalue weighted by atomic mass is 127. The van der Waals surface area contributed by atoms with Crippen molar-refractivity contribution in [3.63, 3.8) is 0 Å². The highest BCUT2D eigenvalue weighted by Crippen LogP contribution is 2.45. The number of rotatable bonds is 0. The molecule has 0 aromatic heterocycles. The minimum absolute atomic E-state index is 0. The van der Waals surface area contributed by atoms with Crippen molar-refractivity contribution in [1.29, 1.82) is 0 Å². The van der Waals surface area contributed by atoms with Crippen LogP contribution in [0.15, 0.2) is 4.99 Å². The van der Waals surface area contributed by atoms with Crippen molar-refractivity contribution in [3.05, 3.63) is 0 Å². The summed E-state index contributed by atoms with van der Waals surface area (Å²) in [5.74, 6) is 5.90. The van der Waals surface area contributed by atoms with Gasteiger partial charge in [0.05, 0.1) is 6.54 Å². The molecule has 4 N–H and O–H groups in total. The van der Waals surface area contributed by atoms with Gasteiger partial charge in [-0.25, -0.2) is 5.84 Å². The summed E-state index contributed by atoms with van der Waals surface area (Å²) in [5.41, 5.74) is 3.02. The number of guanidine groups is 1. The summed E-state index contributed by atoms with van der Waals surface area (Å²) in [5, 5.41) is 3.14. The number of nitrogens with zero attached hydrogens (tertiary/aromatic N) is 1. The first-order valence-electron chi connectivity index (χ1n) is 3.60. The molecule has 0 amide bonds. The average molecular weight is 268 g/mol. The van der Waals surface area contributed by atoms with E-state index in [2.05, 4.69) is 15.7 Å². The van der Waals surface area contributed by atoms with Crippen LogP contribution < -0.4 is 16.6 Å². The molecule has 64 valence electrons. The summed E-state index contributed by atoms with van der Waals surface area (Å²) in [6.07, 6.45) is 2.64. The Morgan fingerprint density at radius 2 is 2.27 bits per heavy atom. The van der Waals surface area contributed by atoms with Crippen LogP contribution >= 0.6 is 24.0 Å².